The van der Waals surface area contributed by atoms with E-state index in [2.05, 4.69) is 8.52 Å². The van der Waals surface area contributed by atoms with Gasteiger partial charge in [0.1, 0.15) is 0 Å². The van der Waals surface area contributed by atoms with Crippen LogP contribution in [0.5, 0.6) is 0 Å². The predicted octanol–water partition coefficient (Wildman–Crippen LogP) is 0.536. The van der Waals surface area contributed by atoms with E-state index in [1.807, 2.05) is 0 Å². The molecule has 0 aliphatic heterocycles. The smallest absolute Gasteiger partial charge is 0.241 e. The highest BCUT2D eigenvalue weighted by Gasteiger charge is 2.22. The molecule has 0 aromatic carbocycles. The van der Waals surface area contributed by atoms with Gasteiger partial charge in [0.25, 0.3) is 0 Å². The van der Waals surface area contributed by atoms with Crippen LogP contribution in [-0.2, 0) is 18.9 Å². The molecule has 0 saturated heterocycles. The van der Waals surface area contributed by atoms with Gasteiger partial charge in [-0.2, -0.15) is 8.42 Å². The second-order valence-electron chi connectivity index (χ2n) is 2.68. The zero-order valence-electron chi connectivity index (χ0n) is 5.99. The summed E-state index contributed by atoms with van der Waals surface area (Å²) in [6.45, 7) is 4.55. The van der Waals surface area contributed by atoms with Gasteiger partial charge in [-0.1, -0.05) is 4.33 Å². The van der Waals surface area contributed by atoms with Crippen molar-refractivity contribution in [2.45, 2.75) is 26.4 Å². The lowest BCUT2D eigenvalue weighted by molar-refractivity contribution is -0.147. The topological polar surface area (TPSA) is 72.8 Å². The third kappa shape index (κ3) is 4.68. The largest absolute Gasteiger partial charge is 0.426 e. The van der Waals surface area contributed by atoms with Crippen LogP contribution in [-0.4, -0.2) is 19.3 Å². The molecule has 0 aliphatic rings. The van der Waals surface area contributed by atoms with Crippen molar-refractivity contribution in [1.29, 1.82) is 0 Å². The molecule has 0 unspecified atom stereocenters. The zero-order valence-corrected chi connectivity index (χ0v) is 6.80. The number of hydrogen-bond acceptors (Lipinski definition) is 5. The van der Waals surface area contributed by atoms with Crippen LogP contribution in [0.25, 0.3) is 0 Å². The first kappa shape index (κ1) is 9.83. The second-order valence-corrected chi connectivity index (χ2v) is 3.81. The molecule has 0 fully saturated rings. The predicted molar refractivity (Wildman–Crippen MR) is 33.5 cm³/mol. The third-order valence-electron chi connectivity index (χ3n) is 0.443. The first-order chi connectivity index (χ1) is 4.27. The second kappa shape index (κ2) is 2.83. The van der Waals surface area contributed by atoms with Crippen LogP contribution in [0.4, 0.5) is 0 Å². The van der Waals surface area contributed by atoms with Gasteiger partial charge in [-0.05, 0) is 20.8 Å². The van der Waals surface area contributed by atoms with Gasteiger partial charge in [0.2, 0.25) is 0 Å². The molecule has 0 radical (unpaired) electrons. The van der Waals surface area contributed by atoms with Crippen LogP contribution >= 0.6 is 0 Å². The van der Waals surface area contributed by atoms with Crippen LogP contribution in [0.1, 0.15) is 20.8 Å². The van der Waals surface area contributed by atoms with E-state index in [1.165, 1.54) is 20.8 Å². The Morgan fingerprint density at radius 3 is 1.80 bits per heavy atom. The van der Waals surface area contributed by atoms with Crippen LogP contribution in [0.3, 0.4) is 0 Å². The average Bonchev–Trinajstić information content (AvgIpc) is 1.60. The molecule has 1 N–H and O–H groups in total. The maximum atomic E-state index is 10.3. The molecular formula is C4H10O5S. The van der Waals surface area contributed by atoms with Crippen molar-refractivity contribution in [3.05, 3.63) is 0 Å². The average molecular weight is 170 g/mol. The Hall–Kier alpha value is -0.170. The molecule has 0 atom stereocenters. The van der Waals surface area contributed by atoms with Gasteiger partial charge in [-0.15, -0.1) is 0 Å². The van der Waals surface area contributed by atoms with Crippen molar-refractivity contribution in [2.24, 2.45) is 0 Å². The molecule has 0 aromatic heterocycles. The van der Waals surface area contributed by atoms with E-state index in [-0.39, 0.29) is 0 Å². The van der Waals surface area contributed by atoms with Crippen LogP contribution < -0.4 is 0 Å². The summed E-state index contributed by atoms with van der Waals surface area (Å²) in [6, 6.07) is 0. The SMILES string of the molecule is CC(C)(C)OS(=O)(=O)OO. The van der Waals surface area contributed by atoms with E-state index in [0.717, 1.165) is 0 Å². The monoisotopic (exact) mass is 170 g/mol. The Morgan fingerprint density at radius 2 is 1.70 bits per heavy atom. The van der Waals surface area contributed by atoms with Crippen molar-refractivity contribution in [1.82, 2.24) is 0 Å². The first-order valence-corrected chi connectivity index (χ1v) is 3.89. The Labute approximate surface area is 59.8 Å². The lowest BCUT2D eigenvalue weighted by atomic mass is 10.2. The molecule has 0 spiro atoms. The summed E-state index contributed by atoms with van der Waals surface area (Å²) < 4.78 is 28.0. The van der Waals surface area contributed by atoms with E-state index >= 15 is 0 Å². The van der Waals surface area contributed by atoms with Crippen molar-refractivity contribution < 1.29 is 22.2 Å². The molecule has 6 heteroatoms. The number of hydrogen-bond donors (Lipinski definition) is 1. The summed E-state index contributed by atoms with van der Waals surface area (Å²) >= 11 is 0. The molecule has 62 valence electrons. The van der Waals surface area contributed by atoms with E-state index in [1.54, 1.807) is 0 Å². The van der Waals surface area contributed by atoms with Gasteiger partial charge < -0.3 is 0 Å². The van der Waals surface area contributed by atoms with Crippen molar-refractivity contribution in [2.75, 3.05) is 0 Å². The fourth-order valence-electron chi connectivity index (χ4n) is 0.321. The van der Waals surface area contributed by atoms with Crippen molar-refractivity contribution >= 4 is 10.4 Å². The first-order valence-electron chi connectivity index (χ1n) is 2.55. The highest BCUT2D eigenvalue weighted by Crippen LogP contribution is 2.11. The van der Waals surface area contributed by atoms with Crippen LogP contribution in [0.15, 0.2) is 0 Å². The molecule has 0 rings (SSSR count). The van der Waals surface area contributed by atoms with Gasteiger partial charge >= 0.3 is 10.4 Å². The molecule has 0 amide bonds. The van der Waals surface area contributed by atoms with Crippen molar-refractivity contribution in [3.63, 3.8) is 0 Å². The molecule has 5 nitrogen and oxygen atoms in total. The third-order valence-corrected chi connectivity index (χ3v) is 1.33. The van der Waals surface area contributed by atoms with E-state index in [4.69, 9.17) is 5.26 Å². The zero-order chi connectivity index (χ0) is 8.41. The Morgan fingerprint density at radius 1 is 1.30 bits per heavy atom. The van der Waals surface area contributed by atoms with E-state index < -0.39 is 16.0 Å². The Kier molecular flexibility index (Phi) is 2.78. The minimum atomic E-state index is -4.22. The van der Waals surface area contributed by atoms with Gasteiger partial charge in [0, 0.05) is 0 Å². The fourth-order valence-corrected chi connectivity index (χ4v) is 0.964. The summed E-state index contributed by atoms with van der Waals surface area (Å²) in [5, 5.41) is 7.74. The molecule has 0 saturated carbocycles. The van der Waals surface area contributed by atoms with E-state index in [0.29, 0.717) is 0 Å². The highest BCUT2D eigenvalue weighted by molar-refractivity contribution is 7.81. The van der Waals surface area contributed by atoms with Crippen LogP contribution in [0, 0.1) is 0 Å². The highest BCUT2D eigenvalue weighted by atomic mass is 32.3. The number of rotatable bonds is 2. The minimum Gasteiger partial charge on any atom is -0.241 e. The van der Waals surface area contributed by atoms with Gasteiger partial charge in [-0.3, -0.25) is 0 Å². The molecule has 0 aliphatic carbocycles. The van der Waals surface area contributed by atoms with Gasteiger partial charge in [-0.25, -0.2) is 9.44 Å². The molecule has 0 heterocycles. The molecule has 10 heavy (non-hydrogen) atoms. The Balaban J connectivity index is 4.18. The summed E-state index contributed by atoms with van der Waals surface area (Å²) in [5.41, 5.74) is -0.887. The molecule has 0 aromatic rings. The van der Waals surface area contributed by atoms with Gasteiger partial charge in [0.15, 0.2) is 0 Å². The standard InChI is InChI=1S/C4H10O5S/c1-4(2,3)8-10(6,7)9-5/h5H,1-3H3. The lowest BCUT2D eigenvalue weighted by Gasteiger charge is -2.15. The maximum Gasteiger partial charge on any atom is 0.426 e. The summed E-state index contributed by atoms with van der Waals surface area (Å²) in [4.78, 5) is 0. The normalized spacial score (nSPS) is 13.6. The molecule has 0 bridgehead atoms. The summed E-state index contributed by atoms with van der Waals surface area (Å²) in [6.07, 6.45) is 0. The Bertz CT molecular complexity index is 186. The fraction of sp³-hybridized carbons (Fsp3) is 1.00. The minimum absolute atomic E-state index is 0.887. The van der Waals surface area contributed by atoms with Crippen molar-refractivity contribution in [3.8, 4) is 0 Å². The maximum absolute atomic E-state index is 10.3. The molecular weight excluding hydrogens is 160 g/mol. The van der Waals surface area contributed by atoms with E-state index in [9.17, 15) is 8.42 Å². The van der Waals surface area contributed by atoms with Crippen LogP contribution in [0.2, 0.25) is 0 Å². The summed E-state index contributed by atoms with van der Waals surface area (Å²) in [7, 11) is -4.22. The quantitative estimate of drug-likeness (QED) is 0.483. The van der Waals surface area contributed by atoms with Gasteiger partial charge in [0.05, 0.1) is 5.60 Å². The summed E-state index contributed by atoms with van der Waals surface area (Å²) in [5.74, 6) is 0. The lowest BCUT2D eigenvalue weighted by Crippen LogP contribution is -2.24.